The van der Waals surface area contributed by atoms with E-state index in [0.29, 0.717) is 32.7 Å². The molecule has 3 N–H and O–H groups in total. The highest BCUT2D eigenvalue weighted by atomic mass is 79.9. The molecule has 0 saturated carbocycles. The third kappa shape index (κ3) is 2.50. The average Bonchev–Trinajstić information content (AvgIpc) is 2.48. The fourth-order valence-corrected chi connectivity index (χ4v) is 2.55. The SMILES string of the molecule is Nc1cccc(C(=O)c2ccc3c(c2)NC(=O)CO3)c1Br. The number of carbonyl (C=O) groups excluding carboxylic acids is 2. The van der Waals surface area contributed by atoms with Crippen LogP contribution in [0.2, 0.25) is 0 Å². The lowest BCUT2D eigenvalue weighted by molar-refractivity contribution is -0.118. The van der Waals surface area contributed by atoms with E-state index < -0.39 is 0 Å². The predicted molar refractivity (Wildman–Crippen MR) is 82.6 cm³/mol. The van der Waals surface area contributed by atoms with Gasteiger partial charge in [0, 0.05) is 16.8 Å². The van der Waals surface area contributed by atoms with Crippen LogP contribution in [-0.2, 0) is 4.79 Å². The Morgan fingerprint density at radius 3 is 2.90 bits per heavy atom. The molecule has 1 heterocycles. The number of halogens is 1. The molecule has 0 fully saturated rings. The first-order valence-electron chi connectivity index (χ1n) is 6.21. The molecule has 0 saturated heterocycles. The van der Waals surface area contributed by atoms with Gasteiger partial charge in [0.25, 0.3) is 5.91 Å². The molecule has 0 aromatic heterocycles. The molecular weight excluding hydrogens is 336 g/mol. The highest BCUT2D eigenvalue weighted by Crippen LogP contribution is 2.31. The Balaban J connectivity index is 2.01. The Morgan fingerprint density at radius 2 is 2.10 bits per heavy atom. The van der Waals surface area contributed by atoms with Gasteiger partial charge in [0.1, 0.15) is 5.75 Å². The third-order valence-electron chi connectivity index (χ3n) is 3.15. The van der Waals surface area contributed by atoms with E-state index in [2.05, 4.69) is 21.2 Å². The second-order valence-electron chi connectivity index (χ2n) is 4.59. The second kappa shape index (κ2) is 5.21. The number of fused-ring (bicyclic) bond motifs is 1. The number of benzene rings is 2. The van der Waals surface area contributed by atoms with Gasteiger partial charge < -0.3 is 15.8 Å². The first-order chi connectivity index (χ1) is 10.1. The minimum atomic E-state index is -0.239. The van der Waals surface area contributed by atoms with Crippen LogP contribution in [0.3, 0.4) is 0 Å². The number of carbonyl (C=O) groups is 2. The maximum Gasteiger partial charge on any atom is 0.262 e. The zero-order valence-corrected chi connectivity index (χ0v) is 12.4. The van der Waals surface area contributed by atoms with Crippen molar-refractivity contribution in [3.8, 4) is 5.75 Å². The fourth-order valence-electron chi connectivity index (χ4n) is 2.11. The van der Waals surface area contributed by atoms with E-state index in [1.165, 1.54) is 0 Å². The number of nitrogen functional groups attached to an aromatic ring is 1. The van der Waals surface area contributed by atoms with Crippen molar-refractivity contribution in [1.82, 2.24) is 0 Å². The lowest BCUT2D eigenvalue weighted by atomic mass is 10.0. The molecule has 2 aromatic carbocycles. The first-order valence-corrected chi connectivity index (χ1v) is 7.01. The number of amides is 1. The van der Waals surface area contributed by atoms with Crippen molar-refractivity contribution in [2.45, 2.75) is 0 Å². The molecule has 21 heavy (non-hydrogen) atoms. The second-order valence-corrected chi connectivity index (χ2v) is 5.38. The number of hydrogen-bond acceptors (Lipinski definition) is 4. The summed E-state index contributed by atoms with van der Waals surface area (Å²) in [5, 5.41) is 2.68. The quantitative estimate of drug-likeness (QED) is 0.646. The monoisotopic (exact) mass is 346 g/mol. The summed E-state index contributed by atoms with van der Waals surface area (Å²) in [5.74, 6) is 0.131. The standard InChI is InChI=1S/C15H11BrN2O3/c16-14-9(2-1-3-10(14)17)15(20)8-4-5-12-11(6-8)18-13(19)7-21-12/h1-6H,7,17H2,(H,18,19). The molecule has 3 rings (SSSR count). The Kier molecular flexibility index (Phi) is 3.39. The van der Waals surface area contributed by atoms with Crippen molar-refractivity contribution in [2.75, 3.05) is 17.7 Å². The summed E-state index contributed by atoms with van der Waals surface area (Å²) in [4.78, 5) is 23.9. The maximum absolute atomic E-state index is 12.5. The number of ketones is 1. The lowest BCUT2D eigenvalue weighted by Crippen LogP contribution is -2.25. The summed E-state index contributed by atoms with van der Waals surface area (Å²) in [5.41, 5.74) is 7.70. The predicted octanol–water partition coefficient (Wildman–Crippen LogP) is 2.59. The topological polar surface area (TPSA) is 81.4 Å². The van der Waals surface area contributed by atoms with Gasteiger partial charge in [-0.2, -0.15) is 0 Å². The maximum atomic E-state index is 12.5. The Labute approximate surface area is 129 Å². The van der Waals surface area contributed by atoms with Gasteiger partial charge in [-0.25, -0.2) is 0 Å². The van der Waals surface area contributed by atoms with Gasteiger partial charge in [0.2, 0.25) is 0 Å². The van der Waals surface area contributed by atoms with Crippen LogP contribution in [-0.4, -0.2) is 18.3 Å². The average molecular weight is 347 g/mol. The number of ether oxygens (including phenoxy) is 1. The molecule has 0 aliphatic carbocycles. The van der Waals surface area contributed by atoms with Gasteiger partial charge in [-0.3, -0.25) is 9.59 Å². The van der Waals surface area contributed by atoms with Crippen LogP contribution in [0.25, 0.3) is 0 Å². The highest BCUT2D eigenvalue weighted by molar-refractivity contribution is 9.10. The minimum Gasteiger partial charge on any atom is -0.482 e. The molecular formula is C15H11BrN2O3. The lowest BCUT2D eigenvalue weighted by Gasteiger charge is -2.18. The van der Waals surface area contributed by atoms with Crippen molar-refractivity contribution in [1.29, 1.82) is 0 Å². The van der Waals surface area contributed by atoms with Crippen LogP contribution in [0.4, 0.5) is 11.4 Å². The van der Waals surface area contributed by atoms with Crippen molar-refractivity contribution in [3.05, 3.63) is 52.0 Å². The number of nitrogens with two attached hydrogens (primary N) is 1. The van der Waals surface area contributed by atoms with Crippen molar-refractivity contribution < 1.29 is 14.3 Å². The first kappa shape index (κ1) is 13.6. The van der Waals surface area contributed by atoms with Crippen LogP contribution < -0.4 is 15.8 Å². The molecule has 106 valence electrons. The Hall–Kier alpha value is -2.34. The van der Waals surface area contributed by atoms with E-state index in [4.69, 9.17) is 10.5 Å². The van der Waals surface area contributed by atoms with Crippen molar-refractivity contribution in [3.63, 3.8) is 0 Å². The van der Waals surface area contributed by atoms with Gasteiger partial charge in [-0.05, 0) is 46.3 Å². The van der Waals surface area contributed by atoms with E-state index >= 15 is 0 Å². The number of rotatable bonds is 2. The molecule has 5 nitrogen and oxygen atoms in total. The van der Waals surface area contributed by atoms with Crippen LogP contribution in [0.1, 0.15) is 15.9 Å². The number of anilines is 2. The molecule has 1 aliphatic heterocycles. The summed E-state index contributed by atoms with van der Waals surface area (Å²) < 4.78 is 5.83. The van der Waals surface area contributed by atoms with Crippen LogP contribution in [0.5, 0.6) is 5.75 Å². The summed E-state index contributed by atoms with van der Waals surface area (Å²) in [6.45, 7) is -0.0128. The van der Waals surface area contributed by atoms with Crippen molar-refractivity contribution >= 4 is 39.0 Å². The molecule has 0 unspecified atom stereocenters. The van der Waals surface area contributed by atoms with E-state index in [-0.39, 0.29) is 18.3 Å². The summed E-state index contributed by atoms with van der Waals surface area (Å²) in [7, 11) is 0. The zero-order chi connectivity index (χ0) is 15.0. The van der Waals surface area contributed by atoms with Crippen LogP contribution >= 0.6 is 15.9 Å². The van der Waals surface area contributed by atoms with Crippen molar-refractivity contribution in [2.24, 2.45) is 0 Å². The fraction of sp³-hybridized carbons (Fsp3) is 0.0667. The van der Waals surface area contributed by atoms with Gasteiger partial charge in [0.05, 0.1) is 10.2 Å². The molecule has 0 bridgehead atoms. The summed E-state index contributed by atoms with van der Waals surface area (Å²) in [6.07, 6.45) is 0. The molecule has 0 spiro atoms. The van der Waals surface area contributed by atoms with E-state index in [9.17, 15) is 9.59 Å². The van der Waals surface area contributed by atoms with E-state index in [1.54, 1.807) is 36.4 Å². The van der Waals surface area contributed by atoms with Gasteiger partial charge in [0.15, 0.2) is 12.4 Å². The Bertz CT molecular complexity index is 759. The normalized spacial score (nSPS) is 13.1. The molecule has 6 heteroatoms. The molecule has 1 amide bonds. The molecule has 1 aliphatic rings. The molecule has 0 atom stereocenters. The number of hydrogen-bond donors (Lipinski definition) is 2. The molecule has 0 radical (unpaired) electrons. The van der Waals surface area contributed by atoms with Crippen LogP contribution in [0, 0.1) is 0 Å². The number of nitrogens with one attached hydrogen (secondary N) is 1. The van der Waals surface area contributed by atoms with Gasteiger partial charge in [-0.1, -0.05) is 6.07 Å². The highest BCUT2D eigenvalue weighted by Gasteiger charge is 2.19. The summed E-state index contributed by atoms with van der Waals surface area (Å²) >= 11 is 3.32. The van der Waals surface area contributed by atoms with Crippen LogP contribution in [0.15, 0.2) is 40.9 Å². The Morgan fingerprint density at radius 1 is 1.29 bits per heavy atom. The zero-order valence-electron chi connectivity index (χ0n) is 10.9. The molecule has 2 aromatic rings. The largest absolute Gasteiger partial charge is 0.482 e. The van der Waals surface area contributed by atoms with E-state index in [1.807, 2.05) is 0 Å². The van der Waals surface area contributed by atoms with Gasteiger partial charge in [-0.15, -0.1) is 0 Å². The van der Waals surface area contributed by atoms with E-state index in [0.717, 1.165) is 0 Å². The minimum absolute atomic E-state index is 0.0128. The smallest absolute Gasteiger partial charge is 0.262 e. The third-order valence-corrected chi connectivity index (χ3v) is 4.03. The van der Waals surface area contributed by atoms with Gasteiger partial charge >= 0.3 is 0 Å². The summed E-state index contributed by atoms with van der Waals surface area (Å²) in [6, 6.07) is 10.1.